The maximum Gasteiger partial charge on any atom is 0.133 e. The SMILES string of the molecule is Cc1cocc1-c1ccc(O)cn1. The molecule has 0 fully saturated rings. The van der Waals surface area contributed by atoms with E-state index in [9.17, 15) is 0 Å². The van der Waals surface area contributed by atoms with E-state index in [0.29, 0.717) is 0 Å². The fraction of sp³-hybridized carbons (Fsp3) is 0.100. The number of aromatic hydroxyl groups is 1. The van der Waals surface area contributed by atoms with Crippen LogP contribution in [-0.2, 0) is 0 Å². The molecule has 0 aliphatic heterocycles. The van der Waals surface area contributed by atoms with Crippen LogP contribution in [0.25, 0.3) is 11.3 Å². The summed E-state index contributed by atoms with van der Waals surface area (Å²) < 4.78 is 5.03. The Morgan fingerprint density at radius 3 is 2.69 bits per heavy atom. The number of rotatable bonds is 1. The third-order valence-electron chi connectivity index (χ3n) is 1.88. The van der Waals surface area contributed by atoms with Gasteiger partial charge in [-0.25, -0.2) is 0 Å². The van der Waals surface area contributed by atoms with E-state index in [2.05, 4.69) is 4.98 Å². The van der Waals surface area contributed by atoms with Crippen LogP contribution < -0.4 is 0 Å². The third kappa shape index (κ3) is 1.40. The first-order chi connectivity index (χ1) is 6.27. The average Bonchev–Trinajstić information content (AvgIpc) is 2.53. The molecule has 0 spiro atoms. The first-order valence-corrected chi connectivity index (χ1v) is 3.95. The Kier molecular flexibility index (Phi) is 1.77. The van der Waals surface area contributed by atoms with Gasteiger partial charge in [-0.15, -0.1) is 0 Å². The number of aryl methyl sites for hydroxylation is 1. The molecule has 2 aromatic heterocycles. The summed E-state index contributed by atoms with van der Waals surface area (Å²) in [4.78, 5) is 4.07. The van der Waals surface area contributed by atoms with Crippen molar-refractivity contribution in [2.45, 2.75) is 6.92 Å². The number of hydrogen-bond donors (Lipinski definition) is 1. The molecule has 0 bridgehead atoms. The van der Waals surface area contributed by atoms with Crippen LogP contribution >= 0.6 is 0 Å². The highest BCUT2D eigenvalue weighted by Crippen LogP contribution is 2.22. The van der Waals surface area contributed by atoms with Gasteiger partial charge in [0.15, 0.2) is 0 Å². The van der Waals surface area contributed by atoms with E-state index in [4.69, 9.17) is 9.52 Å². The van der Waals surface area contributed by atoms with Crippen molar-refractivity contribution in [1.82, 2.24) is 4.98 Å². The molecule has 0 unspecified atom stereocenters. The minimum atomic E-state index is 0.171. The lowest BCUT2D eigenvalue weighted by atomic mass is 10.1. The summed E-state index contributed by atoms with van der Waals surface area (Å²) in [7, 11) is 0. The van der Waals surface area contributed by atoms with Crippen molar-refractivity contribution < 1.29 is 9.52 Å². The maximum atomic E-state index is 9.04. The number of pyridine rings is 1. The summed E-state index contributed by atoms with van der Waals surface area (Å²) in [6, 6.07) is 3.36. The second-order valence-corrected chi connectivity index (χ2v) is 2.87. The van der Waals surface area contributed by atoms with Gasteiger partial charge >= 0.3 is 0 Å². The maximum absolute atomic E-state index is 9.04. The monoisotopic (exact) mass is 175 g/mol. The van der Waals surface area contributed by atoms with Crippen LogP contribution in [0.1, 0.15) is 5.56 Å². The van der Waals surface area contributed by atoms with Crippen molar-refractivity contribution in [2.75, 3.05) is 0 Å². The van der Waals surface area contributed by atoms with Crippen molar-refractivity contribution >= 4 is 0 Å². The van der Waals surface area contributed by atoms with Crippen LogP contribution in [0, 0.1) is 6.92 Å². The highest BCUT2D eigenvalue weighted by atomic mass is 16.3. The van der Waals surface area contributed by atoms with Crippen LogP contribution in [0.2, 0.25) is 0 Å². The van der Waals surface area contributed by atoms with E-state index in [0.717, 1.165) is 16.8 Å². The molecule has 0 saturated carbocycles. The summed E-state index contributed by atoms with van der Waals surface area (Å²) >= 11 is 0. The van der Waals surface area contributed by atoms with Crippen LogP contribution in [0.4, 0.5) is 0 Å². The van der Waals surface area contributed by atoms with Gasteiger partial charge in [0.05, 0.1) is 24.4 Å². The molecule has 2 rings (SSSR count). The average molecular weight is 175 g/mol. The third-order valence-corrected chi connectivity index (χ3v) is 1.88. The quantitative estimate of drug-likeness (QED) is 0.723. The second-order valence-electron chi connectivity index (χ2n) is 2.87. The summed E-state index contributed by atoms with van der Waals surface area (Å²) in [5.41, 5.74) is 2.81. The molecule has 0 saturated heterocycles. The van der Waals surface area contributed by atoms with E-state index >= 15 is 0 Å². The molecule has 0 aliphatic carbocycles. The minimum Gasteiger partial charge on any atom is -0.506 e. The topological polar surface area (TPSA) is 46.3 Å². The Labute approximate surface area is 75.7 Å². The lowest BCUT2D eigenvalue weighted by molar-refractivity contribution is 0.473. The molecule has 3 heteroatoms. The fourth-order valence-electron chi connectivity index (χ4n) is 1.17. The largest absolute Gasteiger partial charge is 0.506 e. The normalized spacial score (nSPS) is 10.2. The van der Waals surface area contributed by atoms with Crippen LogP contribution in [0.3, 0.4) is 0 Å². The summed E-state index contributed by atoms with van der Waals surface area (Å²) in [6.45, 7) is 1.95. The Balaban J connectivity index is 2.47. The number of nitrogens with zero attached hydrogens (tertiary/aromatic N) is 1. The molecule has 66 valence electrons. The first-order valence-electron chi connectivity index (χ1n) is 3.95. The Hall–Kier alpha value is -1.77. The summed E-state index contributed by atoms with van der Waals surface area (Å²) in [5, 5.41) is 9.04. The van der Waals surface area contributed by atoms with Crippen molar-refractivity contribution in [3.05, 3.63) is 36.4 Å². The number of aromatic nitrogens is 1. The van der Waals surface area contributed by atoms with Gasteiger partial charge in [0.2, 0.25) is 0 Å². The standard InChI is InChI=1S/C10H9NO2/c1-7-5-13-6-9(7)10-3-2-8(12)4-11-10/h2-6,12H,1H3. The summed E-state index contributed by atoms with van der Waals surface area (Å²) in [5.74, 6) is 0.171. The minimum absolute atomic E-state index is 0.171. The van der Waals surface area contributed by atoms with Gasteiger partial charge in [0.25, 0.3) is 0 Å². The highest BCUT2D eigenvalue weighted by Gasteiger charge is 2.04. The molecule has 0 aliphatic rings. The molecule has 0 atom stereocenters. The molecular weight excluding hydrogens is 166 g/mol. The van der Waals surface area contributed by atoms with Gasteiger partial charge in [-0.2, -0.15) is 0 Å². The molecule has 2 heterocycles. The lowest BCUT2D eigenvalue weighted by Crippen LogP contribution is -1.81. The van der Waals surface area contributed by atoms with E-state index in [1.165, 1.54) is 6.20 Å². The first kappa shape index (κ1) is 7.86. The smallest absolute Gasteiger partial charge is 0.133 e. The highest BCUT2D eigenvalue weighted by molar-refractivity contribution is 5.61. The zero-order chi connectivity index (χ0) is 9.26. The molecule has 0 amide bonds. The van der Waals surface area contributed by atoms with Gasteiger partial charge in [0.1, 0.15) is 5.75 Å². The van der Waals surface area contributed by atoms with Gasteiger partial charge in [0, 0.05) is 5.56 Å². The molecular formula is C10H9NO2. The van der Waals surface area contributed by atoms with Crippen molar-refractivity contribution in [3.8, 4) is 17.0 Å². The zero-order valence-electron chi connectivity index (χ0n) is 7.19. The predicted octanol–water partition coefficient (Wildman–Crippen LogP) is 2.36. The van der Waals surface area contributed by atoms with Crippen molar-refractivity contribution in [2.24, 2.45) is 0 Å². The van der Waals surface area contributed by atoms with E-state index in [-0.39, 0.29) is 5.75 Å². The number of hydrogen-bond acceptors (Lipinski definition) is 3. The molecule has 13 heavy (non-hydrogen) atoms. The van der Waals surface area contributed by atoms with E-state index < -0.39 is 0 Å². The predicted molar refractivity (Wildman–Crippen MR) is 48.3 cm³/mol. The van der Waals surface area contributed by atoms with Gasteiger partial charge < -0.3 is 9.52 Å². The molecule has 1 N–H and O–H groups in total. The van der Waals surface area contributed by atoms with E-state index in [1.807, 2.05) is 6.92 Å². The Bertz CT molecular complexity index is 403. The van der Waals surface area contributed by atoms with Crippen molar-refractivity contribution in [3.63, 3.8) is 0 Å². The van der Waals surface area contributed by atoms with Crippen molar-refractivity contribution in [1.29, 1.82) is 0 Å². The second kappa shape index (κ2) is 2.94. The Morgan fingerprint density at radius 1 is 1.31 bits per heavy atom. The lowest BCUT2D eigenvalue weighted by Gasteiger charge is -1.97. The van der Waals surface area contributed by atoms with Crippen LogP contribution in [0.15, 0.2) is 35.3 Å². The van der Waals surface area contributed by atoms with Gasteiger partial charge in [-0.05, 0) is 24.6 Å². The van der Waals surface area contributed by atoms with Crippen LogP contribution in [-0.4, -0.2) is 10.1 Å². The Morgan fingerprint density at radius 2 is 2.15 bits per heavy atom. The fourth-order valence-corrected chi connectivity index (χ4v) is 1.17. The molecule has 3 nitrogen and oxygen atoms in total. The van der Waals surface area contributed by atoms with Gasteiger partial charge in [-0.3, -0.25) is 4.98 Å². The van der Waals surface area contributed by atoms with Crippen LogP contribution in [0.5, 0.6) is 5.75 Å². The van der Waals surface area contributed by atoms with Gasteiger partial charge in [-0.1, -0.05) is 0 Å². The zero-order valence-corrected chi connectivity index (χ0v) is 7.19. The summed E-state index contributed by atoms with van der Waals surface area (Å²) in [6.07, 6.45) is 4.74. The molecule has 2 aromatic rings. The number of furan rings is 1. The molecule has 0 aromatic carbocycles. The molecule has 0 radical (unpaired) electrons. The van der Waals surface area contributed by atoms with E-state index in [1.54, 1.807) is 24.7 Å².